The van der Waals surface area contributed by atoms with Crippen molar-refractivity contribution >= 4 is 22.9 Å². The molecule has 0 bridgehead atoms. The van der Waals surface area contributed by atoms with Crippen LogP contribution in [0.5, 0.6) is 0 Å². The van der Waals surface area contributed by atoms with Crippen LogP contribution in [0.2, 0.25) is 0 Å². The quantitative estimate of drug-likeness (QED) is 0.820. The molecule has 0 atom stereocenters. The number of amides is 1. The van der Waals surface area contributed by atoms with Crippen molar-refractivity contribution < 1.29 is 18.0 Å². The Morgan fingerprint density at radius 3 is 2.35 bits per heavy atom. The van der Waals surface area contributed by atoms with E-state index >= 15 is 0 Å². The van der Waals surface area contributed by atoms with E-state index in [2.05, 4.69) is 5.32 Å². The van der Waals surface area contributed by atoms with Gasteiger partial charge in [0, 0.05) is 17.8 Å². The molecule has 0 saturated carbocycles. The number of carbonyl (C=O) groups excluding carboxylic acids is 1. The minimum absolute atomic E-state index is 0.125. The predicted octanol–water partition coefficient (Wildman–Crippen LogP) is 3.42. The van der Waals surface area contributed by atoms with Gasteiger partial charge >= 0.3 is 0 Å². The highest BCUT2D eigenvalue weighted by atomic mass is 32.1. The maximum Gasteiger partial charge on any atom is 0.265 e. The molecule has 1 aromatic heterocycles. The van der Waals surface area contributed by atoms with E-state index in [-0.39, 0.29) is 5.69 Å². The summed E-state index contributed by atoms with van der Waals surface area (Å²) in [7, 11) is 0. The van der Waals surface area contributed by atoms with Crippen LogP contribution >= 0.6 is 11.3 Å². The number of rotatable bonds is 2. The van der Waals surface area contributed by atoms with Gasteiger partial charge in [0.1, 0.15) is 0 Å². The zero-order valence-electron chi connectivity index (χ0n) is 8.34. The summed E-state index contributed by atoms with van der Waals surface area (Å²) in [5.41, 5.74) is -0.125. The molecule has 0 radical (unpaired) electrons. The molecule has 0 saturated heterocycles. The average Bonchev–Trinajstić information content (AvgIpc) is 2.79. The molecule has 0 aliphatic rings. The molecular weight excluding hydrogens is 251 g/mol. The molecule has 1 aromatic carbocycles. The number of halogens is 3. The third-order valence-electron chi connectivity index (χ3n) is 1.99. The van der Waals surface area contributed by atoms with E-state index in [1.165, 1.54) is 11.3 Å². The predicted molar refractivity (Wildman–Crippen MR) is 58.6 cm³/mol. The topological polar surface area (TPSA) is 29.1 Å². The Bertz CT molecular complexity index is 531. The van der Waals surface area contributed by atoms with Gasteiger partial charge in [-0.05, 0) is 11.4 Å². The van der Waals surface area contributed by atoms with Crippen molar-refractivity contribution in [3.05, 3.63) is 52.0 Å². The van der Waals surface area contributed by atoms with E-state index in [4.69, 9.17) is 0 Å². The highest BCUT2D eigenvalue weighted by Gasteiger charge is 2.13. The Labute approximate surface area is 98.7 Å². The van der Waals surface area contributed by atoms with Crippen molar-refractivity contribution in [2.24, 2.45) is 0 Å². The molecule has 17 heavy (non-hydrogen) atoms. The number of thiophene rings is 1. The third kappa shape index (κ3) is 2.47. The van der Waals surface area contributed by atoms with Crippen molar-refractivity contribution in [2.45, 2.75) is 0 Å². The summed E-state index contributed by atoms with van der Waals surface area (Å²) in [4.78, 5) is 11.9. The molecule has 2 aromatic rings. The van der Waals surface area contributed by atoms with Crippen molar-refractivity contribution in [3.63, 3.8) is 0 Å². The van der Waals surface area contributed by atoms with Crippen LogP contribution in [0, 0.1) is 17.5 Å². The second-order valence-corrected chi connectivity index (χ2v) is 4.13. The molecule has 6 heteroatoms. The first kappa shape index (κ1) is 11.7. The van der Waals surface area contributed by atoms with Crippen LogP contribution in [0.1, 0.15) is 9.67 Å². The molecule has 1 amide bonds. The van der Waals surface area contributed by atoms with Gasteiger partial charge in [-0.2, -0.15) is 0 Å². The number of nitrogens with one attached hydrogen (secondary N) is 1. The van der Waals surface area contributed by atoms with Crippen LogP contribution in [0.3, 0.4) is 0 Å². The van der Waals surface area contributed by atoms with Crippen LogP contribution in [0.25, 0.3) is 0 Å². The molecule has 1 heterocycles. The fraction of sp³-hybridized carbons (Fsp3) is 0. The zero-order chi connectivity index (χ0) is 12.4. The van der Waals surface area contributed by atoms with Gasteiger partial charge in [-0.15, -0.1) is 11.3 Å². The van der Waals surface area contributed by atoms with E-state index in [9.17, 15) is 18.0 Å². The zero-order valence-corrected chi connectivity index (χ0v) is 9.15. The lowest BCUT2D eigenvalue weighted by atomic mass is 10.2. The summed E-state index contributed by atoms with van der Waals surface area (Å²) < 4.78 is 38.4. The SMILES string of the molecule is O=C(Nc1cc(F)c(F)c(F)c1)c1cccs1. The molecule has 1 N–H and O–H groups in total. The van der Waals surface area contributed by atoms with Gasteiger partial charge in [0.15, 0.2) is 17.5 Å². The fourth-order valence-corrected chi connectivity index (χ4v) is 1.85. The first-order valence-corrected chi connectivity index (χ1v) is 5.45. The lowest BCUT2D eigenvalue weighted by Gasteiger charge is -2.04. The van der Waals surface area contributed by atoms with Crippen molar-refractivity contribution in [3.8, 4) is 0 Å². The van der Waals surface area contributed by atoms with Crippen LogP contribution in [-0.2, 0) is 0 Å². The summed E-state index contributed by atoms with van der Waals surface area (Å²) in [5, 5.41) is 3.97. The Balaban J connectivity index is 2.22. The van der Waals surface area contributed by atoms with Gasteiger partial charge in [-0.1, -0.05) is 6.07 Å². The van der Waals surface area contributed by atoms with Crippen molar-refractivity contribution in [2.75, 3.05) is 5.32 Å². The van der Waals surface area contributed by atoms with E-state index in [1.54, 1.807) is 17.5 Å². The minimum Gasteiger partial charge on any atom is -0.321 e. The van der Waals surface area contributed by atoms with Crippen LogP contribution in [-0.4, -0.2) is 5.91 Å². The number of hydrogen-bond acceptors (Lipinski definition) is 2. The van der Waals surface area contributed by atoms with Crippen LogP contribution in [0.4, 0.5) is 18.9 Å². The Morgan fingerprint density at radius 1 is 1.18 bits per heavy atom. The highest BCUT2D eigenvalue weighted by molar-refractivity contribution is 7.12. The lowest BCUT2D eigenvalue weighted by Crippen LogP contribution is -2.11. The van der Waals surface area contributed by atoms with Gasteiger partial charge in [-0.3, -0.25) is 4.79 Å². The van der Waals surface area contributed by atoms with E-state index in [1.807, 2.05) is 0 Å². The Hall–Kier alpha value is -1.82. The monoisotopic (exact) mass is 257 g/mol. The Kier molecular flexibility index (Phi) is 3.14. The summed E-state index contributed by atoms with van der Waals surface area (Å²) in [6.45, 7) is 0. The number of benzene rings is 1. The third-order valence-corrected chi connectivity index (χ3v) is 2.86. The summed E-state index contributed by atoms with van der Waals surface area (Å²) in [6.07, 6.45) is 0. The molecule has 2 rings (SSSR count). The smallest absolute Gasteiger partial charge is 0.265 e. The molecule has 2 nitrogen and oxygen atoms in total. The van der Waals surface area contributed by atoms with Crippen LogP contribution in [0.15, 0.2) is 29.6 Å². The standard InChI is InChI=1S/C11H6F3NOS/c12-7-4-6(5-8(13)10(7)14)15-11(16)9-2-1-3-17-9/h1-5H,(H,15,16). The molecule has 0 unspecified atom stereocenters. The molecule has 0 aliphatic heterocycles. The van der Waals surface area contributed by atoms with Crippen molar-refractivity contribution in [1.82, 2.24) is 0 Å². The second kappa shape index (κ2) is 4.58. The molecule has 0 spiro atoms. The fourth-order valence-electron chi connectivity index (χ4n) is 1.23. The van der Waals surface area contributed by atoms with Gasteiger partial charge in [0.2, 0.25) is 0 Å². The maximum atomic E-state index is 12.9. The van der Waals surface area contributed by atoms with Gasteiger partial charge in [0.25, 0.3) is 5.91 Å². The van der Waals surface area contributed by atoms with Crippen molar-refractivity contribution in [1.29, 1.82) is 0 Å². The first-order valence-electron chi connectivity index (χ1n) is 4.57. The van der Waals surface area contributed by atoms with Gasteiger partial charge in [-0.25, -0.2) is 13.2 Å². The molecule has 0 aliphatic carbocycles. The van der Waals surface area contributed by atoms with E-state index < -0.39 is 23.4 Å². The Morgan fingerprint density at radius 2 is 1.82 bits per heavy atom. The number of carbonyl (C=O) groups is 1. The molecule has 0 fully saturated rings. The lowest BCUT2D eigenvalue weighted by molar-refractivity contribution is 0.103. The average molecular weight is 257 g/mol. The largest absolute Gasteiger partial charge is 0.321 e. The van der Waals surface area contributed by atoms with E-state index in [0.29, 0.717) is 4.88 Å². The normalized spacial score (nSPS) is 10.3. The van der Waals surface area contributed by atoms with E-state index in [0.717, 1.165) is 12.1 Å². The van der Waals surface area contributed by atoms with Crippen LogP contribution < -0.4 is 5.32 Å². The summed E-state index contributed by atoms with van der Waals surface area (Å²) in [6, 6.07) is 4.69. The summed E-state index contributed by atoms with van der Waals surface area (Å²) in [5.74, 6) is -4.73. The number of hydrogen-bond donors (Lipinski definition) is 1. The first-order chi connectivity index (χ1) is 8.08. The second-order valence-electron chi connectivity index (χ2n) is 3.19. The maximum absolute atomic E-state index is 12.9. The summed E-state index contributed by atoms with van der Waals surface area (Å²) >= 11 is 1.19. The molecular formula is C11H6F3NOS. The highest BCUT2D eigenvalue weighted by Crippen LogP contribution is 2.19. The van der Waals surface area contributed by atoms with Gasteiger partial charge in [0.05, 0.1) is 4.88 Å². The number of anilines is 1. The van der Waals surface area contributed by atoms with Gasteiger partial charge < -0.3 is 5.32 Å². The minimum atomic E-state index is -1.56. The molecule has 88 valence electrons.